The molecule has 0 radical (unpaired) electrons. The van der Waals surface area contributed by atoms with E-state index in [4.69, 9.17) is 0 Å². The van der Waals surface area contributed by atoms with E-state index in [0.29, 0.717) is 0 Å². The van der Waals surface area contributed by atoms with Crippen molar-refractivity contribution in [1.82, 2.24) is 4.90 Å². The second kappa shape index (κ2) is 6.80. The molecule has 1 aromatic carbocycles. The maximum atomic E-state index is 12.4. The number of hydrogen-bond acceptors (Lipinski definition) is 2. The summed E-state index contributed by atoms with van der Waals surface area (Å²) in [7, 11) is 0. The van der Waals surface area contributed by atoms with E-state index in [1.165, 1.54) is 0 Å². The summed E-state index contributed by atoms with van der Waals surface area (Å²) >= 11 is 5.17. The Hall–Kier alpha value is -0.480. The van der Waals surface area contributed by atoms with Gasteiger partial charge in [0.2, 0.25) is 5.91 Å². The van der Waals surface area contributed by atoms with Crippen molar-refractivity contribution in [3.63, 3.8) is 0 Å². The lowest BCUT2D eigenvalue weighted by atomic mass is 9.99. The minimum atomic E-state index is -0.0212. The summed E-state index contributed by atoms with van der Waals surface area (Å²) in [6.45, 7) is 6.10. The number of halogens is 1. The van der Waals surface area contributed by atoms with Gasteiger partial charge in [-0.3, -0.25) is 4.79 Å². The summed E-state index contributed by atoms with van der Waals surface area (Å²) in [5.74, 6) is 1.03. The summed E-state index contributed by atoms with van der Waals surface area (Å²) in [5.41, 5.74) is 0. The molecule has 0 N–H and O–H groups in total. The lowest BCUT2D eigenvalue weighted by Crippen LogP contribution is -2.41. The predicted octanol–water partition coefficient (Wildman–Crippen LogP) is 4.19. The van der Waals surface area contributed by atoms with Gasteiger partial charge in [0.05, 0.1) is 5.25 Å². The van der Waals surface area contributed by atoms with Gasteiger partial charge in [-0.2, -0.15) is 0 Å². The normalized spacial score (nSPS) is 18.4. The van der Waals surface area contributed by atoms with Gasteiger partial charge >= 0.3 is 0 Å². The van der Waals surface area contributed by atoms with Crippen LogP contribution in [-0.4, -0.2) is 29.1 Å². The molecule has 19 heavy (non-hydrogen) atoms. The zero-order valence-corrected chi connectivity index (χ0v) is 13.8. The number of benzene rings is 1. The largest absolute Gasteiger partial charge is 0.342 e. The van der Waals surface area contributed by atoms with Crippen molar-refractivity contribution in [2.75, 3.05) is 13.1 Å². The van der Waals surface area contributed by atoms with Gasteiger partial charge in [0.15, 0.2) is 0 Å². The minimum Gasteiger partial charge on any atom is -0.342 e. The second-order valence-electron chi connectivity index (χ2n) is 5.20. The number of hydrogen-bond donors (Lipinski definition) is 0. The van der Waals surface area contributed by atoms with E-state index in [1.807, 2.05) is 30.0 Å². The number of carbonyl (C=O) groups is 1. The van der Waals surface area contributed by atoms with Gasteiger partial charge in [-0.1, -0.05) is 19.1 Å². The monoisotopic (exact) mass is 341 g/mol. The summed E-state index contributed by atoms with van der Waals surface area (Å²) in [5, 5.41) is -0.0212. The van der Waals surface area contributed by atoms with E-state index in [2.05, 4.69) is 28.9 Å². The summed E-state index contributed by atoms with van der Waals surface area (Å²) in [6.07, 6.45) is 2.27. The molecule has 1 atom stereocenters. The van der Waals surface area contributed by atoms with E-state index < -0.39 is 0 Å². The highest BCUT2D eigenvalue weighted by Gasteiger charge is 2.25. The molecule has 4 heteroatoms. The molecule has 0 saturated carbocycles. The zero-order chi connectivity index (χ0) is 13.8. The van der Waals surface area contributed by atoms with Crippen molar-refractivity contribution in [3.8, 4) is 0 Å². The smallest absolute Gasteiger partial charge is 0.235 e. The first kappa shape index (κ1) is 14.9. The Morgan fingerprint density at radius 3 is 2.63 bits per heavy atom. The quantitative estimate of drug-likeness (QED) is 0.768. The van der Waals surface area contributed by atoms with Crippen LogP contribution >= 0.6 is 27.7 Å². The molecule has 1 heterocycles. The first-order chi connectivity index (χ1) is 9.08. The van der Waals surface area contributed by atoms with Gasteiger partial charge < -0.3 is 4.90 Å². The Morgan fingerprint density at radius 2 is 2.00 bits per heavy atom. The fraction of sp³-hybridized carbons (Fsp3) is 0.533. The number of carbonyl (C=O) groups excluding carboxylic acids is 1. The van der Waals surface area contributed by atoms with Crippen LogP contribution in [0.1, 0.15) is 26.7 Å². The maximum Gasteiger partial charge on any atom is 0.235 e. The lowest BCUT2D eigenvalue weighted by molar-refractivity contribution is -0.131. The van der Waals surface area contributed by atoms with Crippen LogP contribution in [0.5, 0.6) is 0 Å². The van der Waals surface area contributed by atoms with Crippen molar-refractivity contribution in [1.29, 1.82) is 0 Å². The van der Waals surface area contributed by atoms with Crippen LogP contribution in [0.3, 0.4) is 0 Å². The lowest BCUT2D eigenvalue weighted by Gasteiger charge is -2.32. The third-order valence-corrected chi connectivity index (χ3v) is 5.70. The molecular weight excluding hydrogens is 322 g/mol. The number of nitrogens with zero attached hydrogens (tertiary/aromatic N) is 1. The molecule has 104 valence electrons. The molecule has 1 saturated heterocycles. The average Bonchev–Trinajstić information content (AvgIpc) is 2.41. The average molecular weight is 342 g/mol. The van der Waals surface area contributed by atoms with Crippen molar-refractivity contribution >= 4 is 33.6 Å². The Bertz CT molecular complexity index is 444. The fourth-order valence-corrected chi connectivity index (χ4v) is 3.80. The van der Waals surface area contributed by atoms with Crippen molar-refractivity contribution in [2.24, 2.45) is 5.92 Å². The summed E-state index contributed by atoms with van der Waals surface area (Å²) < 4.78 is 1.06. The Balaban J connectivity index is 1.94. The van der Waals surface area contributed by atoms with E-state index in [1.54, 1.807) is 11.8 Å². The second-order valence-corrected chi connectivity index (χ2v) is 7.44. The van der Waals surface area contributed by atoms with Crippen LogP contribution in [0.4, 0.5) is 0 Å². The fourth-order valence-electron chi connectivity index (χ4n) is 2.27. The van der Waals surface area contributed by atoms with Gasteiger partial charge in [-0.15, -0.1) is 11.8 Å². The van der Waals surface area contributed by atoms with E-state index in [0.717, 1.165) is 41.2 Å². The maximum absolute atomic E-state index is 12.4. The highest BCUT2D eigenvalue weighted by molar-refractivity contribution is 9.10. The molecule has 1 amide bonds. The third kappa shape index (κ3) is 3.99. The Morgan fingerprint density at radius 1 is 1.37 bits per heavy atom. The number of amides is 1. The molecule has 1 aromatic rings. The summed E-state index contributed by atoms with van der Waals surface area (Å²) in [4.78, 5) is 15.6. The molecule has 2 nitrogen and oxygen atoms in total. The number of piperidine rings is 1. The highest BCUT2D eigenvalue weighted by atomic mass is 79.9. The first-order valence-corrected chi connectivity index (χ1v) is 8.45. The van der Waals surface area contributed by atoms with Gasteiger partial charge in [-0.05, 0) is 53.7 Å². The molecule has 2 rings (SSSR count). The van der Waals surface area contributed by atoms with E-state index >= 15 is 0 Å². The Kier molecular flexibility index (Phi) is 5.34. The van der Waals surface area contributed by atoms with Crippen LogP contribution in [0, 0.1) is 5.92 Å². The number of thioether (sulfide) groups is 1. The molecule has 0 bridgehead atoms. The first-order valence-electron chi connectivity index (χ1n) is 6.78. The van der Waals surface area contributed by atoms with Crippen LogP contribution in [-0.2, 0) is 4.79 Å². The predicted molar refractivity (Wildman–Crippen MR) is 84.4 cm³/mol. The van der Waals surface area contributed by atoms with E-state index in [-0.39, 0.29) is 11.2 Å². The van der Waals surface area contributed by atoms with Crippen LogP contribution in [0.2, 0.25) is 0 Å². The number of likely N-dealkylation sites (tertiary alicyclic amines) is 1. The molecular formula is C15H20BrNOS. The Labute approximate surface area is 128 Å². The van der Waals surface area contributed by atoms with Gasteiger partial charge in [0, 0.05) is 22.5 Å². The van der Waals surface area contributed by atoms with Gasteiger partial charge in [0.25, 0.3) is 0 Å². The molecule has 1 aliphatic heterocycles. The molecule has 1 unspecified atom stereocenters. The topological polar surface area (TPSA) is 20.3 Å². The molecule has 0 spiro atoms. The molecule has 1 fully saturated rings. The van der Waals surface area contributed by atoms with Crippen molar-refractivity contribution in [3.05, 3.63) is 28.7 Å². The number of rotatable bonds is 3. The van der Waals surface area contributed by atoms with Crippen LogP contribution in [0.25, 0.3) is 0 Å². The van der Waals surface area contributed by atoms with Gasteiger partial charge in [-0.25, -0.2) is 0 Å². The van der Waals surface area contributed by atoms with Gasteiger partial charge in [0.1, 0.15) is 0 Å². The molecule has 0 aromatic heterocycles. The summed E-state index contributed by atoms with van der Waals surface area (Å²) in [6, 6.07) is 8.07. The third-order valence-electron chi connectivity index (χ3n) is 3.58. The highest BCUT2D eigenvalue weighted by Crippen LogP contribution is 2.31. The minimum absolute atomic E-state index is 0.0212. The molecule has 1 aliphatic rings. The van der Waals surface area contributed by atoms with Crippen LogP contribution < -0.4 is 0 Å². The standard InChI is InChI=1S/C15H20BrNOS/c1-11-7-9-17(10-8-11)15(18)12(2)19-14-6-4-3-5-13(14)16/h3-6,11-12H,7-10H2,1-2H3. The SMILES string of the molecule is CC1CCN(C(=O)C(C)Sc2ccccc2Br)CC1. The molecule has 0 aliphatic carbocycles. The zero-order valence-electron chi connectivity index (χ0n) is 11.4. The van der Waals surface area contributed by atoms with Crippen LogP contribution in [0.15, 0.2) is 33.6 Å². The van der Waals surface area contributed by atoms with E-state index in [9.17, 15) is 4.79 Å². The van der Waals surface area contributed by atoms with Crippen molar-refractivity contribution in [2.45, 2.75) is 36.8 Å². The van der Waals surface area contributed by atoms with Crippen molar-refractivity contribution < 1.29 is 4.79 Å².